The first kappa shape index (κ1) is 12.3. The van der Waals surface area contributed by atoms with Crippen LogP contribution in [-0.4, -0.2) is 11.1 Å². The molecule has 0 aromatic heterocycles. The number of hydrogen-bond donors (Lipinski definition) is 1. The minimum atomic E-state index is -0.620. The van der Waals surface area contributed by atoms with Crippen molar-refractivity contribution in [1.29, 1.82) is 0 Å². The Balaban J connectivity index is 2.98. The maximum atomic E-state index is 11.6. The van der Waals surface area contributed by atoms with E-state index in [1.807, 2.05) is 20.8 Å². The highest BCUT2D eigenvalue weighted by Crippen LogP contribution is 2.47. The van der Waals surface area contributed by atoms with Crippen LogP contribution in [0.5, 0.6) is 0 Å². The summed E-state index contributed by atoms with van der Waals surface area (Å²) in [6, 6.07) is 0. The first-order valence-electron chi connectivity index (χ1n) is 5.78. The molecule has 2 nitrogen and oxygen atoms in total. The van der Waals surface area contributed by atoms with Crippen LogP contribution in [0, 0.1) is 10.8 Å². The molecule has 2 heteroatoms. The number of carbonyl (C=O) groups is 1. The van der Waals surface area contributed by atoms with E-state index in [0.29, 0.717) is 0 Å². The summed E-state index contributed by atoms with van der Waals surface area (Å²) in [5.74, 6) is -0.620. The van der Waals surface area contributed by atoms with E-state index in [0.717, 1.165) is 32.1 Å². The van der Waals surface area contributed by atoms with Gasteiger partial charge in [-0.1, -0.05) is 32.9 Å². The molecule has 0 aromatic rings. The number of allylic oxidation sites excluding steroid dienone is 2. The van der Waals surface area contributed by atoms with Gasteiger partial charge >= 0.3 is 5.97 Å². The van der Waals surface area contributed by atoms with Gasteiger partial charge in [0, 0.05) is 0 Å². The summed E-state index contributed by atoms with van der Waals surface area (Å²) >= 11 is 0. The van der Waals surface area contributed by atoms with Gasteiger partial charge in [0.2, 0.25) is 0 Å². The third-order valence-electron chi connectivity index (χ3n) is 3.72. The van der Waals surface area contributed by atoms with E-state index >= 15 is 0 Å². The third kappa shape index (κ3) is 2.42. The van der Waals surface area contributed by atoms with E-state index in [1.54, 1.807) is 0 Å². The van der Waals surface area contributed by atoms with Crippen molar-refractivity contribution >= 4 is 5.97 Å². The van der Waals surface area contributed by atoms with Crippen LogP contribution >= 0.6 is 0 Å². The SMILES string of the molecule is CC(C)(C)C1(C(=O)O)CC/C=C\CCC1. The second-order valence-electron chi connectivity index (χ2n) is 5.54. The monoisotopic (exact) mass is 210 g/mol. The van der Waals surface area contributed by atoms with Crippen LogP contribution in [0.25, 0.3) is 0 Å². The van der Waals surface area contributed by atoms with Gasteiger partial charge in [-0.05, 0) is 37.5 Å². The van der Waals surface area contributed by atoms with Crippen molar-refractivity contribution in [2.45, 2.75) is 52.9 Å². The standard InChI is InChI=1S/C13H22O2/c1-12(2,3)13(11(14)15)9-7-5-4-6-8-10-13/h4-5H,6-10H2,1-3H3,(H,14,15)/b5-4-. The molecule has 0 aromatic carbocycles. The molecule has 0 fully saturated rings. The molecule has 0 saturated heterocycles. The summed E-state index contributed by atoms with van der Waals surface area (Å²) in [4.78, 5) is 11.6. The Hall–Kier alpha value is -0.790. The fourth-order valence-corrected chi connectivity index (χ4v) is 2.50. The molecule has 0 aliphatic heterocycles. The molecule has 0 radical (unpaired) electrons. The van der Waals surface area contributed by atoms with Crippen LogP contribution in [0.4, 0.5) is 0 Å². The average Bonchev–Trinajstić information content (AvgIpc) is 1.99. The van der Waals surface area contributed by atoms with Crippen molar-refractivity contribution in [1.82, 2.24) is 0 Å². The van der Waals surface area contributed by atoms with Gasteiger partial charge in [-0.25, -0.2) is 0 Å². The van der Waals surface area contributed by atoms with Gasteiger partial charge < -0.3 is 5.11 Å². The first-order chi connectivity index (χ1) is 6.90. The largest absolute Gasteiger partial charge is 0.481 e. The highest BCUT2D eigenvalue weighted by molar-refractivity contribution is 5.75. The Kier molecular flexibility index (Phi) is 3.58. The number of carboxylic acids is 1. The van der Waals surface area contributed by atoms with E-state index in [2.05, 4.69) is 12.2 Å². The Morgan fingerprint density at radius 2 is 1.80 bits per heavy atom. The zero-order valence-corrected chi connectivity index (χ0v) is 10.0. The van der Waals surface area contributed by atoms with Crippen LogP contribution < -0.4 is 0 Å². The lowest BCUT2D eigenvalue weighted by molar-refractivity contribution is -0.158. The maximum Gasteiger partial charge on any atom is 0.310 e. The van der Waals surface area contributed by atoms with Gasteiger partial charge in [-0.2, -0.15) is 0 Å². The average molecular weight is 210 g/mol. The topological polar surface area (TPSA) is 37.3 Å². The summed E-state index contributed by atoms with van der Waals surface area (Å²) in [5, 5.41) is 9.52. The van der Waals surface area contributed by atoms with Gasteiger partial charge in [-0.15, -0.1) is 0 Å². The minimum absolute atomic E-state index is 0.163. The van der Waals surface area contributed by atoms with Gasteiger partial charge in [0.1, 0.15) is 0 Å². The molecular weight excluding hydrogens is 188 g/mol. The second kappa shape index (κ2) is 4.38. The van der Waals surface area contributed by atoms with Gasteiger partial charge in [0.25, 0.3) is 0 Å². The lowest BCUT2D eigenvalue weighted by Crippen LogP contribution is -2.43. The third-order valence-corrected chi connectivity index (χ3v) is 3.72. The van der Waals surface area contributed by atoms with E-state index < -0.39 is 11.4 Å². The highest BCUT2D eigenvalue weighted by Gasteiger charge is 2.47. The molecule has 86 valence electrons. The molecular formula is C13H22O2. The quantitative estimate of drug-likeness (QED) is 0.671. The van der Waals surface area contributed by atoms with Gasteiger partial charge in [-0.3, -0.25) is 4.79 Å². The van der Waals surface area contributed by atoms with E-state index in [1.165, 1.54) is 0 Å². The van der Waals surface area contributed by atoms with Gasteiger partial charge in [0.05, 0.1) is 5.41 Å². The predicted octanol–water partition coefficient (Wildman–Crippen LogP) is 3.62. The summed E-state index contributed by atoms with van der Waals surface area (Å²) in [6.45, 7) is 6.14. The van der Waals surface area contributed by atoms with Crippen molar-refractivity contribution in [3.8, 4) is 0 Å². The number of aliphatic carboxylic acids is 1. The normalized spacial score (nSPS) is 30.3. The van der Waals surface area contributed by atoms with Crippen molar-refractivity contribution in [3.63, 3.8) is 0 Å². The molecule has 0 bridgehead atoms. The minimum Gasteiger partial charge on any atom is -0.481 e. The molecule has 0 spiro atoms. The lowest BCUT2D eigenvalue weighted by atomic mass is 9.61. The number of rotatable bonds is 1. The highest BCUT2D eigenvalue weighted by atomic mass is 16.4. The zero-order chi connectivity index (χ0) is 11.5. The van der Waals surface area contributed by atoms with Crippen molar-refractivity contribution < 1.29 is 9.90 Å². The van der Waals surface area contributed by atoms with Crippen LogP contribution in [0.2, 0.25) is 0 Å². The molecule has 1 atom stereocenters. The zero-order valence-electron chi connectivity index (χ0n) is 10.0. The van der Waals surface area contributed by atoms with Crippen molar-refractivity contribution in [3.05, 3.63) is 12.2 Å². The number of hydrogen-bond acceptors (Lipinski definition) is 1. The molecule has 15 heavy (non-hydrogen) atoms. The fraction of sp³-hybridized carbons (Fsp3) is 0.769. The lowest BCUT2D eigenvalue weighted by Gasteiger charge is -2.42. The second-order valence-corrected chi connectivity index (χ2v) is 5.54. The number of carboxylic acid groups (broad SMARTS) is 1. The predicted molar refractivity (Wildman–Crippen MR) is 61.7 cm³/mol. The van der Waals surface area contributed by atoms with Gasteiger partial charge in [0.15, 0.2) is 0 Å². The smallest absolute Gasteiger partial charge is 0.310 e. The van der Waals surface area contributed by atoms with Crippen LogP contribution in [0.3, 0.4) is 0 Å². The molecule has 1 unspecified atom stereocenters. The Morgan fingerprint density at radius 3 is 2.33 bits per heavy atom. The molecule has 1 rings (SSSR count). The molecule has 1 N–H and O–H groups in total. The summed E-state index contributed by atoms with van der Waals surface area (Å²) in [5.41, 5.74) is -0.707. The summed E-state index contributed by atoms with van der Waals surface area (Å²) in [6.07, 6.45) is 8.77. The Morgan fingerprint density at radius 1 is 1.20 bits per heavy atom. The van der Waals surface area contributed by atoms with Crippen LogP contribution in [-0.2, 0) is 4.79 Å². The molecule has 1 aliphatic rings. The van der Waals surface area contributed by atoms with Crippen LogP contribution in [0.1, 0.15) is 52.9 Å². The summed E-state index contributed by atoms with van der Waals surface area (Å²) in [7, 11) is 0. The van der Waals surface area contributed by atoms with Crippen LogP contribution in [0.15, 0.2) is 12.2 Å². The first-order valence-corrected chi connectivity index (χ1v) is 5.78. The molecule has 0 heterocycles. The van der Waals surface area contributed by atoms with E-state index in [9.17, 15) is 9.90 Å². The maximum absolute atomic E-state index is 11.6. The molecule has 1 aliphatic carbocycles. The van der Waals surface area contributed by atoms with E-state index in [-0.39, 0.29) is 5.41 Å². The van der Waals surface area contributed by atoms with Crippen molar-refractivity contribution in [2.75, 3.05) is 0 Å². The molecule has 0 amide bonds. The molecule has 0 saturated carbocycles. The van der Waals surface area contributed by atoms with E-state index in [4.69, 9.17) is 0 Å². The summed E-state index contributed by atoms with van der Waals surface area (Å²) < 4.78 is 0. The Labute approximate surface area is 92.4 Å². The van der Waals surface area contributed by atoms with Crippen molar-refractivity contribution in [2.24, 2.45) is 10.8 Å². The fourth-order valence-electron chi connectivity index (χ4n) is 2.50. The Bertz CT molecular complexity index is 260.